The third-order valence-electron chi connectivity index (χ3n) is 2.29. The summed E-state index contributed by atoms with van der Waals surface area (Å²) >= 11 is 5.90. The molecule has 0 amide bonds. The molecule has 1 unspecified atom stereocenters. The van der Waals surface area contributed by atoms with Crippen LogP contribution >= 0.6 is 11.6 Å². The van der Waals surface area contributed by atoms with E-state index in [0.29, 0.717) is 11.3 Å². The number of benzene rings is 1. The molecule has 0 bridgehead atoms. The third-order valence-corrected chi connectivity index (χ3v) is 2.58. The second-order valence-corrected chi connectivity index (χ2v) is 4.36. The van der Waals surface area contributed by atoms with Gasteiger partial charge >= 0.3 is 5.95 Å². The highest BCUT2D eigenvalue weighted by atomic mass is 35.5. The van der Waals surface area contributed by atoms with Crippen molar-refractivity contribution in [2.45, 2.75) is 19.6 Å². The number of rotatable bonds is 6. The van der Waals surface area contributed by atoms with Crippen LogP contribution in [0.5, 0.6) is 11.7 Å². The predicted molar refractivity (Wildman–Crippen MR) is 69.5 cm³/mol. The summed E-state index contributed by atoms with van der Waals surface area (Å²) in [5.74, 6) is 0.878. The lowest BCUT2D eigenvalue weighted by Crippen LogP contribution is -2.13. The van der Waals surface area contributed by atoms with Gasteiger partial charge in [0.15, 0.2) is 5.15 Å². The molecule has 1 N–H and O–H groups in total. The van der Waals surface area contributed by atoms with Crippen LogP contribution in [0.3, 0.4) is 0 Å². The standard InChI is InChI=1S/C13H14ClNO4/c1-9(16)7-18-13-11(12(14)15-19-13)8-17-10-5-3-2-4-6-10/h2-6,9,16H,7-8H2,1H3. The van der Waals surface area contributed by atoms with Gasteiger partial charge in [-0.25, -0.2) is 0 Å². The summed E-state index contributed by atoms with van der Waals surface area (Å²) in [5, 5.41) is 13.0. The smallest absolute Gasteiger partial charge is 0.319 e. The lowest BCUT2D eigenvalue weighted by Gasteiger charge is -2.08. The summed E-state index contributed by atoms with van der Waals surface area (Å²) in [7, 11) is 0. The molecule has 1 aromatic heterocycles. The van der Waals surface area contributed by atoms with Gasteiger partial charge in [-0.2, -0.15) is 0 Å². The lowest BCUT2D eigenvalue weighted by atomic mass is 10.3. The van der Waals surface area contributed by atoms with Crippen molar-refractivity contribution in [2.75, 3.05) is 6.61 Å². The molecular formula is C13H14ClNO4. The van der Waals surface area contributed by atoms with E-state index >= 15 is 0 Å². The molecular weight excluding hydrogens is 270 g/mol. The zero-order valence-corrected chi connectivity index (χ0v) is 11.1. The molecule has 2 rings (SSSR count). The minimum Gasteiger partial charge on any atom is -0.489 e. The predicted octanol–water partition coefficient (Wildman–Crippen LogP) is 2.67. The molecule has 0 saturated heterocycles. The third kappa shape index (κ3) is 3.87. The Labute approximate surface area is 115 Å². The van der Waals surface area contributed by atoms with Gasteiger partial charge in [0, 0.05) is 0 Å². The lowest BCUT2D eigenvalue weighted by molar-refractivity contribution is 0.0981. The number of aliphatic hydroxyl groups excluding tert-OH is 1. The van der Waals surface area contributed by atoms with Gasteiger partial charge in [0.1, 0.15) is 24.5 Å². The molecule has 0 fully saturated rings. The van der Waals surface area contributed by atoms with Gasteiger partial charge in [0.25, 0.3) is 0 Å². The highest BCUT2D eigenvalue weighted by Crippen LogP contribution is 2.27. The van der Waals surface area contributed by atoms with Crippen LogP contribution in [0.15, 0.2) is 34.9 Å². The summed E-state index contributed by atoms with van der Waals surface area (Å²) in [5.41, 5.74) is 0.520. The number of halogens is 1. The molecule has 1 atom stereocenters. The summed E-state index contributed by atoms with van der Waals surface area (Å²) < 4.78 is 15.8. The van der Waals surface area contributed by atoms with Gasteiger partial charge in [0.2, 0.25) is 0 Å². The van der Waals surface area contributed by atoms with Gasteiger partial charge in [-0.1, -0.05) is 35.0 Å². The monoisotopic (exact) mass is 283 g/mol. The van der Waals surface area contributed by atoms with Crippen LogP contribution in [-0.4, -0.2) is 23.0 Å². The highest BCUT2D eigenvalue weighted by Gasteiger charge is 2.17. The Bertz CT molecular complexity index is 513. The van der Waals surface area contributed by atoms with Crippen molar-refractivity contribution >= 4 is 11.6 Å². The Hall–Kier alpha value is -1.72. The molecule has 19 heavy (non-hydrogen) atoms. The molecule has 1 heterocycles. The average Bonchev–Trinajstić information content (AvgIpc) is 2.76. The summed E-state index contributed by atoms with van der Waals surface area (Å²) in [6, 6.07) is 9.30. The van der Waals surface area contributed by atoms with E-state index in [4.69, 9.17) is 30.7 Å². The Kier molecular flexibility index (Phi) is 4.65. The van der Waals surface area contributed by atoms with E-state index in [1.807, 2.05) is 30.3 Å². The quantitative estimate of drug-likeness (QED) is 0.883. The maximum Gasteiger partial charge on any atom is 0.319 e. The minimum atomic E-state index is -0.605. The molecule has 2 aromatic rings. The Morgan fingerprint density at radius 3 is 2.74 bits per heavy atom. The first-order valence-electron chi connectivity index (χ1n) is 5.79. The average molecular weight is 284 g/mol. The van der Waals surface area contributed by atoms with E-state index in [0.717, 1.165) is 0 Å². The van der Waals surface area contributed by atoms with E-state index in [1.165, 1.54) is 0 Å². The van der Waals surface area contributed by atoms with Crippen LogP contribution in [-0.2, 0) is 6.61 Å². The zero-order chi connectivity index (χ0) is 13.7. The maximum absolute atomic E-state index is 9.17. The molecule has 0 aliphatic heterocycles. The fourth-order valence-corrected chi connectivity index (χ4v) is 1.54. The number of ether oxygens (including phenoxy) is 2. The minimum absolute atomic E-state index is 0.101. The molecule has 102 valence electrons. The Morgan fingerprint density at radius 2 is 2.05 bits per heavy atom. The first kappa shape index (κ1) is 13.7. The molecule has 0 saturated carbocycles. The number of aromatic nitrogens is 1. The van der Waals surface area contributed by atoms with Gasteiger partial charge in [-0.15, -0.1) is 0 Å². The topological polar surface area (TPSA) is 64.7 Å². The summed E-state index contributed by atoms with van der Waals surface area (Å²) in [6.45, 7) is 1.89. The fraction of sp³-hybridized carbons (Fsp3) is 0.308. The first-order valence-corrected chi connectivity index (χ1v) is 6.17. The SMILES string of the molecule is CC(O)COc1onc(Cl)c1COc1ccccc1. The van der Waals surface area contributed by atoms with Crippen LogP contribution in [0, 0.1) is 0 Å². The normalized spacial score (nSPS) is 12.2. The number of nitrogens with zero attached hydrogens (tertiary/aromatic N) is 1. The molecule has 1 aromatic carbocycles. The van der Waals surface area contributed by atoms with Crippen molar-refractivity contribution in [3.8, 4) is 11.7 Å². The largest absolute Gasteiger partial charge is 0.489 e. The van der Waals surface area contributed by atoms with Crippen LogP contribution in [0.25, 0.3) is 0 Å². The summed E-state index contributed by atoms with van der Waals surface area (Å²) in [4.78, 5) is 0. The number of para-hydroxylation sites is 1. The summed E-state index contributed by atoms with van der Waals surface area (Å²) in [6.07, 6.45) is -0.605. The van der Waals surface area contributed by atoms with E-state index < -0.39 is 6.10 Å². The van der Waals surface area contributed by atoms with Crippen LogP contribution in [0.4, 0.5) is 0 Å². The zero-order valence-electron chi connectivity index (χ0n) is 10.4. The van der Waals surface area contributed by atoms with Gasteiger partial charge in [-0.05, 0) is 19.1 Å². The molecule has 5 nitrogen and oxygen atoms in total. The molecule has 0 aliphatic carbocycles. The highest BCUT2D eigenvalue weighted by molar-refractivity contribution is 6.30. The fourth-order valence-electron chi connectivity index (χ4n) is 1.38. The Morgan fingerprint density at radius 1 is 1.32 bits per heavy atom. The number of hydrogen-bond acceptors (Lipinski definition) is 5. The van der Waals surface area contributed by atoms with E-state index in [1.54, 1.807) is 6.92 Å². The second-order valence-electron chi connectivity index (χ2n) is 4.00. The number of hydrogen-bond donors (Lipinski definition) is 1. The van der Waals surface area contributed by atoms with E-state index in [2.05, 4.69) is 5.16 Å². The van der Waals surface area contributed by atoms with Crippen LogP contribution in [0.2, 0.25) is 5.15 Å². The van der Waals surface area contributed by atoms with E-state index in [9.17, 15) is 0 Å². The first-order chi connectivity index (χ1) is 9.16. The Balaban J connectivity index is 2.01. The van der Waals surface area contributed by atoms with Crippen molar-refractivity contribution in [1.82, 2.24) is 5.16 Å². The maximum atomic E-state index is 9.17. The second kappa shape index (κ2) is 6.45. The van der Waals surface area contributed by atoms with Crippen molar-refractivity contribution in [3.05, 3.63) is 41.0 Å². The molecule has 0 spiro atoms. The molecule has 0 aliphatic rings. The molecule has 0 radical (unpaired) electrons. The van der Waals surface area contributed by atoms with Gasteiger partial charge in [0.05, 0.1) is 6.10 Å². The van der Waals surface area contributed by atoms with Gasteiger partial charge < -0.3 is 19.1 Å². The molecule has 6 heteroatoms. The van der Waals surface area contributed by atoms with Crippen LogP contribution < -0.4 is 9.47 Å². The van der Waals surface area contributed by atoms with Crippen molar-refractivity contribution in [2.24, 2.45) is 0 Å². The van der Waals surface area contributed by atoms with Crippen molar-refractivity contribution in [3.63, 3.8) is 0 Å². The van der Waals surface area contributed by atoms with Crippen molar-refractivity contribution < 1.29 is 19.1 Å². The number of aliphatic hydroxyl groups is 1. The van der Waals surface area contributed by atoms with Crippen molar-refractivity contribution in [1.29, 1.82) is 0 Å². The van der Waals surface area contributed by atoms with Gasteiger partial charge in [-0.3, -0.25) is 0 Å². The van der Waals surface area contributed by atoms with E-state index in [-0.39, 0.29) is 24.3 Å². The van der Waals surface area contributed by atoms with Crippen LogP contribution in [0.1, 0.15) is 12.5 Å².